The number of hydrogen-bond acceptors (Lipinski definition) is 4. The molecule has 0 aromatic rings. The zero-order valence-electron chi connectivity index (χ0n) is 17.7. The summed E-state index contributed by atoms with van der Waals surface area (Å²) in [4.78, 5) is 51.2. The van der Waals surface area contributed by atoms with E-state index in [1.165, 1.54) is 19.3 Å². The van der Waals surface area contributed by atoms with E-state index in [9.17, 15) is 19.2 Å². The Balaban J connectivity index is 1.17. The molecule has 0 aromatic heterocycles. The minimum Gasteiger partial charge on any atom is -0.332 e. The van der Waals surface area contributed by atoms with Gasteiger partial charge >= 0.3 is 12.1 Å². The van der Waals surface area contributed by atoms with Crippen molar-refractivity contribution in [3.05, 3.63) is 0 Å². The van der Waals surface area contributed by atoms with E-state index in [0.717, 1.165) is 37.0 Å². The van der Waals surface area contributed by atoms with Gasteiger partial charge in [0.25, 0.3) is 5.91 Å². The molecule has 6 fully saturated rings. The Morgan fingerprint density at radius 3 is 2.17 bits per heavy atom. The highest BCUT2D eigenvalue weighted by atomic mass is 16.2. The van der Waals surface area contributed by atoms with E-state index in [1.54, 1.807) is 0 Å². The molecule has 6 rings (SSSR count). The second-order valence-electron chi connectivity index (χ2n) is 10.8. The number of amides is 6. The van der Waals surface area contributed by atoms with Crippen molar-refractivity contribution in [2.24, 2.45) is 23.7 Å². The predicted molar refractivity (Wildman–Crippen MR) is 108 cm³/mol. The second-order valence-corrected chi connectivity index (χ2v) is 10.8. The Kier molecular flexibility index (Phi) is 4.59. The van der Waals surface area contributed by atoms with Gasteiger partial charge in [-0.1, -0.05) is 6.92 Å². The molecule has 6 amide bonds. The van der Waals surface area contributed by atoms with Crippen molar-refractivity contribution in [3.8, 4) is 0 Å². The summed E-state index contributed by atoms with van der Waals surface area (Å²) >= 11 is 0. The van der Waals surface area contributed by atoms with E-state index in [4.69, 9.17) is 0 Å². The fourth-order valence-corrected chi connectivity index (χ4v) is 7.26. The molecule has 5 aliphatic carbocycles. The Morgan fingerprint density at radius 1 is 1.03 bits per heavy atom. The van der Waals surface area contributed by atoms with E-state index >= 15 is 0 Å². The van der Waals surface area contributed by atoms with Crippen LogP contribution in [0.25, 0.3) is 0 Å². The number of nitrogens with zero attached hydrogens (tertiary/aromatic N) is 1. The van der Waals surface area contributed by atoms with Gasteiger partial charge in [-0.15, -0.1) is 0 Å². The SMILES string of the molecule is CC1CCC2(CC1)NC(=O)N(CC(=O)NC(=O)NC13CC4CC(CC(C4)C1)C3)C2=O. The molecule has 1 spiro atoms. The van der Waals surface area contributed by atoms with Gasteiger partial charge in [0, 0.05) is 5.54 Å². The van der Waals surface area contributed by atoms with Crippen LogP contribution in [0, 0.1) is 23.7 Å². The number of rotatable bonds is 3. The van der Waals surface area contributed by atoms with Gasteiger partial charge in [0.05, 0.1) is 0 Å². The van der Waals surface area contributed by atoms with Gasteiger partial charge in [0.1, 0.15) is 12.1 Å². The molecular formula is C22H32N4O4. The van der Waals surface area contributed by atoms with Gasteiger partial charge in [-0.25, -0.2) is 9.59 Å². The molecule has 3 N–H and O–H groups in total. The number of carbonyl (C=O) groups excluding carboxylic acids is 4. The highest BCUT2D eigenvalue weighted by Gasteiger charge is 2.53. The molecule has 1 aliphatic heterocycles. The molecule has 0 radical (unpaired) electrons. The summed E-state index contributed by atoms with van der Waals surface area (Å²) < 4.78 is 0. The average Bonchev–Trinajstić information content (AvgIpc) is 2.87. The molecule has 164 valence electrons. The maximum absolute atomic E-state index is 12.9. The normalized spacial score (nSPS) is 41.8. The first-order chi connectivity index (χ1) is 14.3. The fraction of sp³-hybridized carbons (Fsp3) is 0.818. The number of urea groups is 2. The third-order valence-corrected chi connectivity index (χ3v) is 8.35. The van der Waals surface area contributed by atoms with Crippen LogP contribution in [0.1, 0.15) is 71.1 Å². The van der Waals surface area contributed by atoms with Crippen LogP contribution in [0.5, 0.6) is 0 Å². The summed E-state index contributed by atoms with van der Waals surface area (Å²) in [6, 6.07) is -1.04. The van der Waals surface area contributed by atoms with E-state index in [-0.39, 0.29) is 11.4 Å². The smallest absolute Gasteiger partial charge is 0.325 e. The minimum atomic E-state index is -0.870. The van der Waals surface area contributed by atoms with Crippen LogP contribution in [0.3, 0.4) is 0 Å². The van der Waals surface area contributed by atoms with Crippen LogP contribution < -0.4 is 16.0 Å². The van der Waals surface area contributed by atoms with Crippen LogP contribution in [0.15, 0.2) is 0 Å². The lowest BCUT2D eigenvalue weighted by atomic mass is 9.53. The van der Waals surface area contributed by atoms with E-state index in [0.29, 0.717) is 36.5 Å². The lowest BCUT2D eigenvalue weighted by molar-refractivity contribution is -0.135. The molecule has 0 unspecified atom stereocenters. The standard InChI is InChI=1S/C22H32N4O4/c1-13-2-4-22(5-3-13)18(28)26(20(30)25-22)12-17(27)23-19(29)24-21-9-14-6-15(10-21)8-16(7-14)11-21/h13-16H,2-12H2,1H3,(H,25,30)(H2,23,24,27,29). The summed E-state index contributed by atoms with van der Waals surface area (Å²) in [5.41, 5.74) is -1.06. The molecule has 1 saturated heterocycles. The third kappa shape index (κ3) is 3.38. The second kappa shape index (κ2) is 6.95. The monoisotopic (exact) mass is 416 g/mol. The van der Waals surface area contributed by atoms with Crippen molar-refractivity contribution in [2.75, 3.05) is 6.54 Å². The lowest BCUT2D eigenvalue weighted by Gasteiger charge is -2.56. The molecule has 8 nitrogen and oxygen atoms in total. The summed E-state index contributed by atoms with van der Waals surface area (Å²) in [6.45, 7) is 1.72. The molecular weight excluding hydrogens is 384 g/mol. The summed E-state index contributed by atoms with van der Waals surface area (Å²) in [5.74, 6) is 1.64. The zero-order chi connectivity index (χ0) is 21.1. The van der Waals surface area contributed by atoms with Crippen molar-refractivity contribution < 1.29 is 19.2 Å². The van der Waals surface area contributed by atoms with Crippen molar-refractivity contribution in [3.63, 3.8) is 0 Å². The van der Waals surface area contributed by atoms with Crippen LogP contribution in [-0.2, 0) is 9.59 Å². The van der Waals surface area contributed by atoms with Crippen LogP contribution >= 0.6 is 0 Å². The lowest BCUT2D eigenvalue weighted by Crippen LogP contribution is -2.62. The van der Waals surface area contributed by atoms with Crippen molar-refractivity contribution >= 4 is 23.9 Å². The molecule has 1 heterocycles. The minimum absolute atomic E-state index is 0.192. The molecule has 0 atom stereocenters. The molecule has 6 aliphatic rings. The fourth-order valence-electron chi connectivity index (χ4n) is 7.26. The predicted octanol–water partition coefficient (Wildman–Crippen LogP) is 2.28. The number of carbonyl (C=O) groups is 4. The molecule has 4 bridgehead atoms. The molecule has 30 heavy (non-hydrogen) atoms. The third-order valence-electron chi connectivity index (χ3n) is 8.35. The molecule has 8 heteroatoms. The number of hydrogen-bond donors (Lipinski definition) is 3. The van der Waals surface area contributed by atoms with E-state index < -0.39 is 30.1 Å². The Bertz CT molecular complexity index is 751. The van der Waals surface area contributed by atoms with Crippen LogP contribution in [0.4, 0.5) is 9.59 Å². The van der Waals surface area contributed by atoms with Crippen LogP contribution in [-0.4, -0.2) is 46.4 Å². The maximum atomic E-state index is 12.9. The Labute approximate surface area is 176 Å². The van der Waals surface area contributed by atoms with Gasteiger partial charge in [0.15, 0.2) is 0 Å². The first kappa shape index (κ1) is 19.8. The number of imide groups is 2. The van der Waals surface area contributed by atoms with Crippen molar-refractivity contribution in [2.45, 2.75) is 82.2 Å². The van der Waals surface area contributed by atoms with Gasteiger partial charge in [-0.3, -0.25) is 19.8 Å². The van der Waals surface area contributed by atoms with Gasteiger partial charge < -0.3 is 10.6 Å². The maximum Gasteiger partial charge on any atom is 0.325 e. The van der Waals surface area contributed by atoms with Gasteiger partial charge in [-0.2, -0.15) is 0 Å². The quantitative estimate of drug-likeness (QED) is 0.614. The van der Waals surface area contributed by atoms with Gasteiger partial charge in [0.2, 0.25) is 5.91 Å². The molecule has 0 aromatic carbocycles. The van der Waals surface area contributed by atoms with Crippen molar-refractivity contribution in [1.82, 2.24) is 20.9 Å². The van der Waals surface area contributed by atoms with Crippen LogP contribution in [0.2, 0.25) is 0 Å². The largest absolute Gasteiger partial charge is 0.332 e. The van der Waals surface area contributed by atoms with Crippen molar-refractivity contribution in [1.29, 1.82) is 0 Å². The highest BCUT2D eigenvalue weighted by molar-refractivity contribution is 6.10. The zero-order valence-corrected chi connectivity index (χ0v) is 17.7. The van der Waals surface area contributed by atoms with E-state index in [2.05, 4.69) is 22.9 Å². The highest BCUT2D eigenvalue weighted by Crippen LogP contribution is 2.55. The Hall–Kier alpha value is -2.12. The number of nitrogens with one attached hydrogen (secondary N) is 3. The topological polar surface area (TPSA) is 108 Å². The summed E-state index contributed by atoms with van der Waals surface area (Å²) in [7, 11) is 0. The van der Waals surface area contributed by atoms with Gasteiger partial charge in [-0.05, 0) is 87.9 Å². The summed E-state index contributed by atoms with van der Waals surface area (Å²) in [6.07, 6.45) is 9.75. The average molecular weight is 417 g/mol. The Morgan fingerprint density at radius 2 is 1.60 bits per heavy atom. The first-order valence-electron chi connectivity index (χ1n) is 11.5. The summed E-state index contributed by atoms with van der Waals surface area (Å²) in [5, 5.41) is 8.26. The molecule has 5 saturated carbocycles. The van der Waals surface area contributed by atoms with E-state index in [1.807, 2.05) is 0 Å². The first-order valence-corrected chi connectivity index (χ1v) is 11.5.